The third-order valence-corrected chi connectivity index (χ3v) is 5.71. The maximum atomic E-state index is 14.9. The summed E-state index contributed by atoms with van der Waals surface area (Å²) in [5, 5.41) is 5.65. The van der Waals surface area contributed by atoms with Crippen molar-refractivity contribution < 1.29 is 18.7 Å². The molecule has 2 N–H and O–H groups in total. The van der Waals surface area contributed by atoms with Crippen LogP contribution < -0.4 is 10.5 Å². The van der Waals surface area contributed by atoms with E-state index in [1.807, 2.05) is 47.1 Å². The fourth-order valence-electron chi connectivity index (χ4n) is 4.03. The molecule has 4 rings (SSSR count). The van der Waals surface area contributed by atoms with E-state index >= 15 is 0 Å². The average Bonchev–Trinajstić information content (AvgIpc) is 3.22. The lowest BCUT2D eigenvalue weighted by Crippen LogP contribution is -2.09. The van der Waals surface area contributed by atoms with Crippen molar-refractivity contribution in [3.8, 4) is 16.9 Å². The van der Waals surface area contributed by atoms with Crippen LogP contribution in [0.25, 0.3) is 22.0 Å². The average molecular weight is 477 g/mol. The zero-order valence-corrected chi connectivity index (χ0v) is 20.1. The van der Waals surface area contributed by atoms with Crippen LogP contribution in [-0.2, 0) is 29.1 Å². The first-order chi connectivity index (χ1) is 16.9. The molecule has 0 unspecified atom stereocenters. The van der Waals surface area contributed by atoms with Gasteiger partial charge in [0.15, 0.2) is 5.82 Å². The molecule has 0 aliphatic rings. The van der Waals surface area contributed by atoms with Gasteiger partial charge in [-0.2, -0.15) is 5.10 Å². The van der Waals surface area contributed by atoms with Crippen LogP contribution in [0.1, 0.15) is 43.8 Å². The highest BCUT2D eigenvalue weighted by Gasteiger charge is 2.17. The number of rotatable bonds is 9. The zero-order chi connectivity index (χ0) is 24.9. The van der Waals surface area contributed by atoms with Gasteiger partial charge in [0.25, 0.3) is 0 Å². The fourth-order valence-corrected chi connectivity index (χ4v) is 4.03. The third-order valence-electron chi connectivity index (χ3n) is 5.71. The van der Waals surface area contributed by atoms with Crippen molar-refractivity contribution in [2.24, 2.45) is 5.73 Å². The van der Waals surface area contributed by atoms with E-state index in [4.69, 9.17) is 20.3 Å². The summed E-state index contributed by atoms with van der Waals surface area (Å²) in [5.41, 5.74) is 9.40. The molecule has 2 aromatic carbocycles. The molecule has 4 aromatic rings. The van der Waals surface area contributed by atoms with Crippen molar-refractivity contribution in [1.29, 1.82) is 0 Å². The number of para-hydroxylation sites is 1. The maximum absolute atomic E-state index is 14.9. The number of halogens is 1. The van der Waals surface area contributed by atoms with Crippen LogP contribution >= 0.6 is 0 Å². The lowest BCUT2D eigenvalue weighted by atomic mass is 10.0. The van der Waals surface area contributed by atoms with E-state index < -0.39 is 5.82 Å². The van der Waals surface area contributed by atoms with Gasteiger partial charge < -0.3 is 15.2 Å². The summed E-state index contributed by atoms with van der Waals surface area (Å²) in [6.07, 6.45) is 1.69. The summed E-state index contributed by atoms with van der Waals surface area (Å²) in [6.45, 7) is 6.42. The summed E-state index contributed by atoms with van der Waals surface area (Å²) < 4.78 is 28.1. The smallest absolute Gasteiger partial charge is 0.310 e. The van der Waals surface area contributed by atoms with Gasteiger partial charge in [-0.3, -0.25) is 14.5 Å². The van der Waals surface area contributed by atoms with Crippen LogP contribution in [0.4, 0.5) is 4.39 Å². The van der Waals surface area contributed by atoms with E-state index in [9.17, 15) is 9.18 Å². The van der Waals surface area contributed by atoms with Crippen LogP contribution in [0.15, 0.2) is 54.7 Å². The van der Waals surface area contributed by atoms with E-state index in [2.05, 4.69) is 18.8 Å². The number of fused-ring (bicyclic) bond motifs is 1. The molecule has 0 amide bonds. The van der Waals surface area contributed by atoms with Gasteiger partial charge in [0, 0.05) is 35.3 Å². The van der Waals surface area contributed by atoms with E-state index in [0.717, 1.165) is 22.2 Å². The SMILES string of the molecule is CCOC(=O)Cc1ccccc1OCc1nn(C(C)C)c2ccc(-c3ccnc(CN)c3F)cc12. The summed E-state index contributed by atoms with van der Waals surface area (Å²) in [4.78, 5) is 16.0. The van der Waals surface area contributed by atoms with Gasteiger partial charge in [-0.05, 0) is 50.6 Å². The Kier molecular flexibility index (Phi) is 7.41. The summed E-state index contributed by atoms with van der Waals surface area (Å²) >= 11 is 0. The topological polar surface area (TPSA) is 92.3 Å². The highest BCUT2D eigenvalue weighted by Crippen LogP contribution is 2.31. The van der Waals surface area contributed by atoms with Gasteiger partial charge in [0.2, 0.25) is 0 Å². The molecule has 0 spiro atoms. The Bertz CT molecular complexity index is 1350. The van der Waals surface area contributed by atoms with E-state index in [1.165, 1.54) is 0 Å². The molecule has 0 atom stereocenters. The monoisotopic (exact) mass is 476 g/mol. The predicted molar refractivity (Wildman–Crippen MR) is 132 cm³/mol. The minimum atomic E-state index is -0.420. The molecular weight excluding hydrogens is 447 g/mol. The number of ether oxygens (including phenoxy) is 2. The quantitative estimate of drug-likeness (QED) is 0.343. The standard InChI is InChI=1S/C27H29FN4O3/c1-4-34-26(33)14-19-7-5-6-8-25(19)35-16-23-21-13-18(9-10-24(21)32(31-23)17(2)3)20-11-12-30-22(15-29)27(20)28/h5-13,17H,4,14-16,29H2,1-3H3. The number of nitrogens with zero attached hydrogens (tertiary/aromatic N) is 3. The zero-order valence-electron chi connectivity index (χ0n) is 20.1. The fraction of sp³-hybridized carbons (Fsp3) is 0.296. The van der Waals surface area contributed by atoms with Crippen molar-refractivity contribution in [2.45, 2.75) is 46.4 Å². The maximum Gasteiger partial charge on any atom is 0.310 e. The lowest BCUT2D eigenvalue weighted by molar-refractivity contribution is -0.142. The summed E-state index contributed by atoms with van der Waals surface area (Å²) in [6, 6.07) is 14.9. The second kappa shape index (κ2) is 10.7. The predicted octanol–water partition coefficient (Wildman–Crippen LogP) is 4.96. The Hall–Kier alpha value is -3.78. The van der Waals surface area contributed by atoms with E-state index in [-0.39, 0.29) is 37.3 Å². The molecule has 8 heteroatoms. The first kappa shape index (κ1) is 24.3. The molecule has 182 valence electrons. The Morgan fingerprint density at radius 3 is 2.69 bits per heavy atom. The Labute approximate surface area is 203 Å². The normalized spacial score (nSPS) is 11.3. The van der Waals surface area contributed by atoms with Crippen LogP contribution in [0, 0.1) is 5.82 Å². The van der Waals surface area contributed by atoms with Crippen molar-refractivity contribution >= 4 is 16.9 Å². The van der Waals surface area contributed by atoms with Crippen LogP contribution in [0.3, 0.4) is 0 Å². The number of benzene rings is 2. The minimum Gasteiger partial charge on any atom is -0.487 e. The van der Waals surface area contributed by atoms with Gasteiger partial charge in [-0.1, -0.05) is 24.3 Å². The van der Waals surface area contributed by atoms with Crippen LogP contribution in [0.5, 0.6) is 5.75 Å². The van der Waals surface area contributed by atoms with Gasteiger partial charge in [-0.15, -0.1) is 0 Å². The number of carbonyl (C=O) groups excluding carboxylic acids is 1. The molecule has 2 aromatic heterocycles. The lowest BCUT2D eigenvalue weighted by Gasteiger charge is -2.11. The molecule has 0 fully saturated rings. The minimum absolute atomic E-state index is 0.0253. The Morgan fingerprint density at radius 1 is 1.14 bits per heavy atom. The molecule has 0 aliphatic heterocycles. The van der Waals surface area contributed by atoms with Crippen LogP contribution in [-0.4, -0.2) is 27.3 Å². The second-order valence-corrected chi connectivity index (χ2v) is 8.42. The van der Waals surface area contributed by atoms with Gasteiger partial charge in [0.1, 0.15) is 18.1 Å². The van der Waals surface area contributed by atoms with Gasteiger partial charge >= 0.3 is 5.97 Å². The molecular formula is C27H29FN4O3. The summed E-state index contributed by atoms with van der Waals surface area (Å²) in [7, 11) is 0. The summed E-state index contributed by atoms with van der Waals surface area (Å²) in [5.74, 6) is -0.132. The third kappa shape index (κ3) is 5.17. The van der Waals surface area contributed by atoms with Crippen molar-refractivity contribution in [3.05, 3.63) is 77.5 Å². The van der Waals surface area contributed by atoms with E-state index in [1.54, 1.807) is 19.2 Å². The second-order valence-electron chi connectivity index (χ2n) is 8.42. The number of nitrogens with two attached hydrogens (primary N) is 1. The largest absolute Gasteiger partial charge is 0.487 e. The molecule has 0 saturated carbocycles. The highest BCUT2D eigenvalue weighted by atomic mass is 19.1. The number of pyridine rings is 1. The molecule has 0 radical (unpaired) electrons. The van der Waals surface area contributed by atoms with Crippen molar-refractivity contribution in [2.75, 3.05) is 6.61 Å². The molecule has 0 saturated heterocycles. The highest BCUT2D eigenvalue weighted by molar-refractivity contribution is 5.87. The number of aromatic nitrogens is 3. The molecule has 0 bridgehead atoms. The first-order valence-corrected chi connectivity index (χ1v) is 11.6. The number of hydrogen-bond donors (Lipinski definition) is 1. The van der Waals surface area contributed by atoms with Gasteiger partial charge in [0.05, 0.1) is 24.2 Å². The van der Waals surface area contributed by atoms with Crippen molar-refractivity contribution in [1.82, 2.24) is 14.8 Å². The molecule has 0 aliphatic carbocycles. The number of hydrogen-bond acceptors (Lipinski definition) is 6. The number of esters is 1. The van der Waals surface area contributed by atoms with E-state index in [0.29, 0.717) is 23.5 Å². The number of carbonyl (C=O) groups is 1. The Balaban J connectivity index is 1.69. The molecule has 35 heavy (non-hydrogen) atoms. The molecule has 2 heterocycles. The van der Waals surface area contributed by atoms with Gasteiger partial charge in [-0.25, -0.2) is 4.39 Å². The first-order valence-electron chi connectivity index (χ1n) is 11.6. The molecule has 7 nitrogen and oxygen atoms in total. The van der Waals surface area contributed by atoms with Crippen molar-refractivity contribution in [3.63, 3.8) is 0 Å². The Morgan fingerprint density at radius 2 is 1.94 bits per heavy atom. The van der Waals surface area contributed by atoms with Crippen LogP contribution in [0.2, 0.25) is 0 Å².